The van der Waals surface area contributed by atoms with E-state index in [-0.39, 0.29) is 19.4 Å². The number of unbranched alkanes of at least 4 members (excludes halogenated alkanes) is 1. The molecule has 0 bridgehead atoms. The highest BCUT2D eigenvalue weighted by Gasteiger charge is 2.35. The molecule has 0 fully saturated rings. The molecule has 0 aliphatic carbocycles. The summed E-state index contributed by atoms with van der Waals surface area (Å²) in [6.07, 6.45) is -0.204. The van der Waals surface area contributed by atoms with Crippen LogP contribution in [-0.4, -0.2) is 77.4 Å². The highest BCUT2D eigenvalue weighted by Crippen LogP contribution is 2.23. The lowest BCUT2D eigenvalue weighted by Gasteiger charge is -2.29. The monoisotopic (exact) mass is 736 g/mol. The Morgan fingerprint density at radius 3 is 1.59 bits per heavy atom. The molecule has 8 N–H and O–H groups in total. The van der Waals surface area contributed by atoms with Crippen molar-refractivity contribution in [3.8, 4) is 0 Å². The third-order valence-corrected chi connectivity index (χ3v) is 8.26. The lowest BCUT2D eigenvalue weighted by molar-refractivity contribution is -0.143. The van der Waals surface area contributed by atoms with E-state index in [1.807, 2.05) is 0 Å². The quantitative estimate of drug-likeness (QED) is 0.0455. The fraction of sp³-hybridized carbons (Fsp3) is 0.636. The Balaban J connectivity index is 3.20. The number of carbonyl (C=O) groups is 6. The summed E-state index contributed by atoms with van der Waals surface area (Å²) in [6, 6.07) is -6.34. The number of hydrogen-bond acceptors (Lipinski definition) is 7. The number of nitrogens with one attached hydrogen (secondary N) is 5. The first-order valence-electron chi connectivity index (χ1n) is 16.6. The molecule has 13 nitrogen and oxygen atoms in total. The van der Waals surface area contributed by atoms with Crippen LogP contribution in [0.3, 0.4) is 0 Å². The van der Waals surface area contributed by atoms with Gasteiger partial charge in [0.15, 0.2) is 23.3 Å². The molecular formula is C33H49F5N6O7. The van der Waals surface area contributed by atoms with Crippen LogP contribution in [-0.2, 0) is 35.2 Å². The summed E-state index contributed by atoms with van der Waals surface area (Å²) in [6.45, 7) is 11.2. The Bertz CT molecular complexity index is 1400. The molecule has 0 spiro atoms. The first-order valence-corrected chi connectivity index (χ1v) is 16.6. The molecular weight excluding hydrogens is 687 g/mol. The van der Waals surface area contributed by atoms with Crippen molar-refractivity contribution in [2.45, 2.75) is 111 Å². The van der Waals surface area contributed by atoms with Crippen molar-refractivity contribution >= 4 is 35.5 Å². The summed E-state index contributed by atoms with van der Waals surface area (Å²) in [5, 5.41) is 21.5. The first-order chi connectivity index (χ1) is 23.7. The van der Waals surface area contributed by atoms with Crippen LogP contribution in [0.1, 0.15) is 79.7 Å². The number of carbonyl (C=O) groups excluding carboxylic acids is 5. The highest BCUT2D eigenvalue weighted by atomic mass is 19.2. The fourth-order valence-corrected chi connectivity index (χ4v) is 4.86. The maximum atomic E-state index is 14.2. The van der Waals surface area contributed by atoms with Gasteiger partial charge < -0.3 is 37.4 Å². The van der Waals surface area contributed by atoms with Crippen LogP contribution in [0.4, 0.5) is 22.0 Å². The van der Waals surface area contributed by atoms with Crippen LogP contribution < -0.4 is 32.3 Å². The molecule has 51 heavy (non-hydrogen) atoms. The maximum absolute atomic E-state index is 14.2. The largest absolute Gasteiger partial charge is 0.480 e. The average Bonchev–Trinajstić information content (AvgIpc) is 3.06. The molecule has 0 saturated heterocycles. The van der Waals surface area contributed by atoms with E-state index in [1.165, 1.54) is 6.92 Å². The van der Waals surface area contributed by atoms with E-state index in [9.17, 15) is 55.8 Å². The molecule has 0 aliphatic rings. The number of aliphatic carboxylic acids is 1. The molecule has 5 amide bonds. The predicted octanol–water partition coefficient (Wildman–Crippen LogP) is 1.94. The fourth-order valence-electron chi connectivity index (χ4n) is 4.86. The van der Waals surface area contributed by atoms with Crippen LogP contribution in [0.5, 0.6) is 0 Å². The summed E-state index contributed by atoms with van der Waals surface area (Å²) >= 11 is 0. The van der Waals surface area contributed by atoms with E-state index in [0.29, 0.717) is 12.8 Å². The van der Waals surface area contributed by atoms with Crippen molar-refractivity contribution in [1.29, 1.82) is 0 Å². The minimum absolute atomic E-state index is 0.0253. The highest BCUT2D eigenvalue weighted by molar-refractivity contribution is 5.96. The summed E-state index contributed by atoms with van der Waals surface area (Å²) in [7, 11) is 0. The lowest BCUT2D eigenvalue weighted by atomic mass is 9.96. The van der Waals surface area contributed by atoms with E-state index in [2.05, 4.69) is 26.6 Å². The molecule has 0 aromatic heterocycles. The molecule has 1 aromatic rings. The van der Waals surface area contributed by atoms with E-state index >= 15 is 0 Å². The third kappa shape index (κ3) is 12.7. The lowest BCUT2D eigenvalue weighted by Crippen LogP contribution is -2.60. The van der Waals surface area contributed by atoms with Gasteiger partial charge in [-0.1, -0.05) is 48.0 Å². The van der Waals surface area contributed by atoms with Gasteiger partial charge in [-0.3, -0.25) is 24.0 Å². The van der Waals surface area contributed by atoms with Gasteiger partial charge in [-0.25, -0.2) is 26.7 Å². The van der Waals surface area contributed by atoms with Crippen LogP contribution in [0.25, 0.3) is 0 Å². The minimum atomic E-state index is -2.39. The second-order valence-electron chi connectivity index (χ2n) is 13.0. The van der Waals surface area contributed by atoms with Crippen LogP contribution in [0.2, 0.25) is 0 Å². The van der Waals surface area contributed by atoms with Gasteiger partial charge in [0.05, 0.1) is 6.42 Å². The smallest absolute Gasteiger partial charge is 0.326 e. The van der Waals surface area contributed by atoms with Gasteiger partial charge in [0.1, 0.15) is 30.2 Å². The summed E-state index contributed by atoms with van der Waals surface area (Å²) < 4.78 is 69.3. The predicted molar refractivity (Wildman–Crippen MR) is 175 cm³/mol. The van der Waals surface area contributed by atoms with Gasteiger partial charge in [-0.05, 0) is 50.5 Å². The summed E-state index contributed by atoms with van der Waals surface area (Å²) in [5.74, 6) is -18.6. The average molecular weight is 737 g/mol. The first kappa shape index (κ1) is 44.7. The molecule has 288 valence electrons. The number of hydrogen-bond donors (Lipinski definition) is 7. The minimum Gasteiger partial charge on any atom is -0.480 e. The Morgan fingerprint density at radius 2 is 1.12 bits per heavy atom. The van der Waals surface area contributed by atoms with E-state index in [1.54, 1.807) is 41.5 Å². The molecule has 0 radical (unpaired) electrons. The molecule has 1 unspecified atom stereocenters. The number of benzene rings is 1. The Morgan fingerprint density at radius 1 is 0.627 bits per heavy atom. The van der Waals surface area contributed by atoms with Gasteiger partial charge in [-0.15, -0.1) is 0 Å². The van der Waals surface area contributed by atoms with Gasteiger partial charge in [0.25, 0.3) is 0 Å². The van der Waals surface area contributed by atoms with Gasteiger partial charge in [0.2, 0.25) is 35.4 Å². The normalized spacial score (nSPS) is 14.9. The SMILES string of the molecule is CCC(C)[C@H](NC(=O)Cc1c(F)c(F)c(F)c(F)c1F)C(=O)N[C@@H](CCCCN)C(=O)N[C@H](C(=O)N[C@@H](C)C(=O)N[C@H](C(=O)O)C(C)C)C(C)C. The van der Waals surface area contributed by atoms with E-state index in [0.717, 1.165) is 0 Å². The number of carboxylic acid groups (broad SMARTS) is 1. The van der Waals surface area contributed by atoms with Crippen molar-refractivity contribution < 1.29 is 55.8 Å². The zero-order valence-corrected chi connectivity index (χ0v) is 29.7. The molecule has 0 heterocycles. The number of nitrogens with two attached hydrogens (primary N) is 1. The zero-order valence-electron chi connectivity index (χ0n) is 29.7. The topological polar surface area (TPSA) is 209 Å². The number of rotatable bonds is 20. The molecule has 1 rings (SSSR count). The standard InChI is InChI=1S/C33H49F5N6O7/c1-8-16(6)28(42-20(45)13-18-21(34)23(36)25(38)24(37)22(18)35)32(49)41-19(11-9-10-12-39)30(47)43-26(14(2)3)31(48)40-17(7)29(46)44-27(15(4)5)33(50)51/h14-17,19,26-28H,8-13,39H2,1-7H3,(H,40,48)(H,41,49)(H,42,45)(H,43,47)(H,44,46)(H,50,51)/t16?,17-,19-,26-,27-,28-/m0/s1. The zero-order chi connectivity index (χ0) is 39.3. The van der Waals surface area contributed by atoms with Gasteiger partial charge in [-0.2, -0.15) is 0 Å². The Kier molecular flexibility index (Phi) is 17.9. The van der Waals surface area contributed by atoms with Crippen molar-refractivity contribution in [1.82, 2.24) is 26.6 Å². The van der Waals surface area contributed by atoms with E-state index < -0.39 is 125 Å². The Hall–Kier alpha value is -4.35. The van der Waals surface area contributed by atoms with Gasteiger partial charge >= 0.3 is 5.97 Å². The number of amides is 5. The second kappa shape index (κ2) is 20.5. The molecule has 6 atom stereocenters. The molecule has 0 aliphatic heterocycles. The summed E-state index contributed by atoms with van der Waals surface area (Å²) in [5.41, 5.74) is 4.19. The van der Waals surface area contributed by atoms with Crippen LogP contribution in [0.15, 0.2) is 0 Å². The number of carboxylic acids is 1. The summed E-state index contributed by atoms with van der Waals surface area (Å²) in [4.78, 5) is 77.2. The van der Waals surface area contributed by atoms with Gasteiger partial charge in [0, 0.05) is 5.56 Å². The number of halogens is 5. The van der Waals surface area contributed by atoms with Crippen molar-refractivity contribution in [2.75, 3.05) is 6.54 Å². The molecule has 1 aromatic carbocycles. The van der Waals surface area contributed by atoms with Crippen LogP contribution >= 0.6 is 0 Å². The molecule has 18 heteroatoms. The Labute approximate surface area is 293 Å². The van der Waals surface area contributed by atoms with Crippen molar-refractivity contribution in [3.63, 3.8) is 0 Å². The van der Waals surface area contributed by atoms with Crippen molar-refractivity contribution in [2.24, 2.45) is 23.5 Å². The third-order valence-electron chi connectivity index (χ3n) is 8.26. The molecule has 0 saturated carbocycles. The van der Waals surface area contributed by atoms with Crippen molar-refractivity contribution in [3.05, 3.63) is 34.6 Å². The maximum Gasteiger partial charge on any atom is 0.326 e. The van der Waals surface area contributed by atoms with Crippen LogP contribution in [0, 0.1) is 46.8 Å². The van der Waals surface area contributed by atoms with E-state index in [4.69, 9.17) is 5.73 Å². The second-order valence-corrected chi connectivity index (χ2v) is 13.0.